The van der Waals surface area contributed by atoms with Gasteiger partial charge >= 0.3 is 0 Å². The molecule has 0 unspecified atom stereocenters. The van der Waals surface area contributed by atoms with Crippen LogP contribution >= 0.6 is 0 Å². The van der Waals surface area contributed by atoms with Crippen molar-refractivity contribution in [1.29, 1.82) is 0 Å². The highest BCUT2D eigenvalue weighted by atomic mass is 16.7. The molecular weight excluding hydrogens is 354 g/mol. The summed E-state index contributed by atoms with van der Waals surface area (Å²) < 4.78 is 21.5. The van der Waals surface area contributed by atoms with E-state index in [1.54, 1.807) is 23.1 Å². The Morgan fingerprint density at radius 1 is 1.37 bits per heavy atom. The zero-order valence-electron chi connectivity index (χ0n) is 14.8. The first-order chi connectivity index (χ1) is 13.1. The molecule has 0 bridgehead atoms. The van der Waals surface area contributed by atoms with Crippen LogP contribution in [0, 0.1) is 0 Å². The SMILES string of the molecule is C[C@@H]1CNC(=O)CCN1C(=O)c1coc(COc2ccc3c(c2)OCO3)n1. The van der Waals surface area contributed by atoms with Gasteiger partial charge < -0.3 is 28.8 Å². The fourth-order valence-electron chi connectivity index (χ4n) is 2.94. The van der Waals surface area contributed by atoms with Gasteiger partial charge in [0.25, 0.3) is 5.91 Å². The van der Waals surface area contributed by atoms with Gasteiger partial charge in [-0.15, -0.1) is 0 Å². The third-order valence-corrected chi connectivity index (χ3v) is 4.44. The molecule has 0 radical (unpaired) electrons. The van der Waals surface area contributed by atoms with Gasteiger partial charge in [0.15, 0.2) is 23.8 Å². The van der Waals surface area contributed by atoms with Gasteiger partial charge in [-0.05, 0) is 19.1 Å². The Labute approximate surface area is 155 Å². The molecular formula is C18H19N3O6. The van der Waals surface area contributed by atoms with E-state index >= 15 is 0 Å². The molecule has 1 saturated heterocycles. The Morgan fingerprint density at radius 3 is 3.11 bits per heavy atom. The van der Waals surface area contributed by atoms with Crippen molar-refractivity contribution >= 4 is 11.8 Å². The largest absolute Gasteiger partial charge is 0.484 e. The molecule has 3 heterocycles. The highest BCUT2D eigenvalue weighted by molar-refractivity contribution is 5.92. The van der Waals surface area contributed by atoms with Gasteiger partial charge in [0.1, 0.15) is 12.0 Å². The highest BCUT2D eigenvalue weighted by Gasteiger charge is 2.27. The molecule has 142 valence electrons. The van der Waals surface area contributed by atoms with Crippen LogP contribution in [0.4, 0.5) is 0 Å². The van der Waals surface area contributed by atoms with E-state index in [4.69, 9.17) is 18.6 Å². The first kappa shape index (κ1) is 17.2. The van der Waals surface area contributed by atoms with Crippen LogP contribution in [0.25, 0.3) is 0 Å². The number of benzene rings is 1. The summed E-state index contributed by atoms with van der Waals surface area (Å²) in [6, 6.07) is 5.12. The van der Waals surface area contributed by atoms with Crippen LogP contribution in [0.1, 0.15) is 29.7 Å². The second-order valence-corrected chi connectivity index (χ2v) is 6.33. The molecule has 0 spiro atoms. The lowest BCUT2D eigenvalue weighted by Crippen LogP contribution is -2.42. The molecule has 1 N–H and O–H groups in total. The van der Waals surface area contributed by atoms with E-state index in [1.807, 2.05) is 6.92 Å². The summed E-state index contributed by atoms with van der Waals surface area (Å²) in [5.41, 5.74) is 0.195. The zero-order chi connectivity index (χ0) is 18.8. The van der Waals surface area contributed by atoms with Gasteiger partial charge in [-0.2, -0.15) is 0 Å². The monoisotopic (exact) mass is 373 g/mol. The molecule has 9 nitrogen and oxygen atoms in total. The maximum Gasteiger partial charge on any atom is 0.276 e. The molecule has 2 amide bonds. The predicted molar refractivity (Wildman–Crippen MR) is 91.5 cm³/mol. The Hall–Kier alpha value is -3.23. The Balaban J connectivity index is 1.39. The van der Waals surface area contributed by atoms with E-state index < -0.39 is 0 Å². The van der Waals surface area contributed by atoms with E-state index in [9.17, 15) is 9.59 Å². The zero-order valence-corrected chi connectivity index (χ0v) is 14.8. The fraction of sp³-hybridized carbons (Fsp3) is 0.389. The number of fused-ring (bicyclic) bond motifs is 1. The van der Waals surface area contributed by atoms with Gasteiger partial charge in [0.2, 0.25) is 18.6 Å². The summed E-state index contributed by atoms with van der Waals surface area (Å²) in [6.45, 7) is 2.92. The smallest absolute Gasteiger partial charge is 0.276 e. The first-order valence-electron chi connectivity index (χ1n) is 8.64. The summed E-state index contributed by atoms with van der Waals surface area (Å²) in [5, 5.41) is 2.78. The number of nitrogens with zero attached hydrogens (tertiary/aromatic N) is 2. The lowest BCUT2D eigenvalue weighted by atomic mass is 10.2. The van der Waals surface area contributed by atoms with Crippen LogP contribution in [0.2, 0.25) is 0 Å². The topological polar surface area (TPSA) is 103 Å². The van der Waals surface area contributed by atoms with E-state index in [1.165, 1.54) is 6.26 Å². The van der Waals surface area contributed by atoms with E-state index in [0.717, 1.165) is 0 Å². The van der Waals surface area contributed by atoms with Crippen molar-refractivity contribution in [3.05, 3.63) is 36.0 Å². The van der Waals surface area contributed by atoms with Crippen molar-refractivity contribution in [2.45, 2.75) is 26.0 Å². The number of carbonyl (C=O) groups is 2. The molecule has 27 heavy (non-hydrogen) atoms. The number of carbonyl (C=O) groups excluding carboxylic acids is 2. The van der Waals surface area contributed by atoms with Crippen LogP contribution in [0.5, 0.6) is 17.2 Å². The second-order valence-electron chi connectivity index (χ2n) is 6.33. The molecule has 2 aliphatic rings. The Kier molecular flexibility index (Phi) is 4.57. The third kappa shape index (κ3) is 3.67. The number of hydrogen-bond donors (Lipinski definition) is 1. The average Bonchev–Trinajstić information content (AvgIpc) is 3.30. The van der Waals surface area contributed by atoms with Crippen LogP contribution in [-0.2, 0) is 11.4 Å². The van der Waals surface area contributed by atoms with Crippen LogP contribution in [-0.4, -0.2) is 47.6 Å². The van der Waals surface area contributed by atoms with Gasteiger partial charge in [0, 0.05) is 31.6 Å². The molecule has 1 aromatic heterocycles. The second kappa shape index (κ2) is 7.18. The molecule has 0 saturated carbocycles. The lowest BCUT2D eigenvalue weighted by Gasteiger charge is -2.25. The van der Waals surface area contributed by atoms with Gasteiger partial charge in [-0.1, -0.05) is 0 Å². The van der Waals surface area contributed by atoms with Gasteiger partial charge in [0.05, 0.1) is 0 Å². The Bertz CT molecular complexity index is 865. The van der Waals surface area contributed by atoms with Crippen LogP contribution in [0.15, 0.2) is 28.9 Å². The summed E-state index contributed by atoms with van der Waals surface area (Å²) >= 11 is 0. The predicted octanol–water partition coefficient (Wildman–Crippen LogP) is 1.33. The molecule has 2 aromatic rings. The third-order valence-electron chi connectivity index (χ3n) is 4.44. The van der Waals surface area contributed by atoms with E-state index in [2.05, 4.69) is 10.3 Å². The van der Waals surface area contributed by atoms with Crippen LogP contribution in [0.3, 0.4) is 0 Å². The number of oxazole rings is 1. The van der Waals surface area contributed by atoms with Crippen molar-refractivity contribution in [2.75, 3.05) is 19.9 Å². The summed E-state index contributed by atoms with van der Waals surface area (Å²) in [6.07, 6.45) is 1.58. The summed E-state index contributed by atoms with van der Waals surface area (Å²) in [4.78, 5) is 30.0. The minimum atomic E-state index is -0.267. The van der Waals surface area contributed by atoms with Gasteiger partial charge in [-0.3, -0.25) is 9.59 Å². The van der Waals surface area contributed by atoms with E-state index in [-0.39, 0.29) is 49.3 Å². The van der Waals surface area contributed by atoms with Crippen LogP contribution < -0.4 is 19.5 Å². The minimum absolute atomic E-state index is 0.0601. The fourth-order valence-corrected chi connectivity index (χ4v) is 2.94. The Morgan fingerprint density at radius 2 is 2.22 bits per heavy atom. The number of hydrogen-bond acceptors (Lipinski definition) is 7. The highest BCUT2D eigenvalue weighted by Crippen LogP contribution is 2.35. The lowest BCUT2D eigenvalue weighted by molar-refractivity contribution is -0.120. The van der Waals surface area contributed by atoms with Crippen molar-refractivity contribution in [2.24, 2.45) is 0 Å². The number of rotatable bonds is 4. The maximum absolute atomic E-state index is 12.7. The molecule has 1 fully saturated rings. The standard InChI is InChI=1S/C18H19N3O6/c1-11-7-19-16(22)4-5-21(11)18(23)13-8-25-17(20-13)9-24-12-2-3-14-15(6-12)27-10-26-14/h2-3,6,8,11H,4-5,7,9-10H2,1H3,(H,19,22)/t11-/m1/s1. The summed E-state index contributed by atoms with van der Waals surface area (Å²) in [5.74, 6) is 1.83. The quantitative estimate of drug-likeness (QED) is 0.862. The minimum Gasteiger partial charge on any atom is -0.484 e. The van der Waals surface area contributed by atoms with Crippen molar-refractivity contribution in [3.63, 3.8) is 0 Å². The van der Waals surface area contributed by atoms with Crippen molar-refractivity contribution < 1.29 is 28.2 Å². The molecule has 1 aromatic carbocycles. The molecule has 2 aliphatic heterocycles. The van der Waals surface area contributed by atoms with Crippen molar-refractivity contribution in [3.8, 4) is 17.2 Å². The molecule has 1 atom stereocenters. The van der Waals surface area contributed by atoms with Crippen molar-refractivity contribution in [1.82, 2.24) is 15.2 Å². The normalized spacial score (nSPS) is 18.8. The first-order valence-corrected chi connectivity index (χ1v) is 8.64. The number of nitrogens with one attached hydrogen (secondary N) is 1. The maximum atomic E-state index is 12.7. The molecule has 9 heteroatoms. The molecule has 0 aliphatic carbocycles. The molecule has 4 rings (SSSR count). The average molecular weight is 373 g/mol. The number of amides is 2. The number of ether oxygens (including phenoxy) is 3. The van der Waals surface area contributed by atoms with E-state index in [0.29, 0.717) is 30.3 Å². The number of aromatic nitrogens is 1. The summed E-state index contributed by atoms with van der Waals surface area (Å²) in [7, 11) is 0. The van der Waals surface area contributed by atoms with Gasteiger partial charge in [-0.25, -0.2) is 4.98 Å².